The van der Waals surface area contributed by atoms with E-state index in [0.29, 0.717) is 6.04 Å². The molecule has 1 atom stereocenters. The van der Waals surface area contributed by atoms with Gasteiger partial charge in [-0.05, 0) is 26.3 Å². The Kier molecular flexibility index (Phi) is 3.92. The number of rotatable bonds is 4. The molecule has 3 heteroatoms. The highest BCUT2D eigenvalue weighted by Gasteiger charge is 2.06. The Balaban J connectivity index is 1.95. The molecule has 2 rings (SSSR count). The van der Waals surface area contributed by atoms with E-state index < -0.39 is 0 Å². The third-order valence-electron chi connectivity index (χ3n) is 2.77. The molecule has 1 N–H and O–H groups in total. The van der Waals surface area contributed by atoms with Crippen molar-refractivity contribution in [3.63, 3.8) is 0 Å². The van der Waals surface area contributed by atoms with Gasteiger partial charge in [-0.1, -0.05) is 29.8 Å². The molecule has 0 radical (unpaired) electrons. The van der Waals surface area contributed by atoms with Crippen LogP contribution in [-0.2, 0) is 6.54 Å². The number of thiazole rings is 1. The van der Waals surface area contributed by atoms with Crippen molar-refractivity contribution < 1.29 is 0 Å². The number of aromatic nitrogens is 1. The number of aryl methyl sites for hydroxylation is 2. The van der Waals surface area contributed by atoms with Gasteiger partial charge in [-0.15, -0.1) is 11.3 Å². The molecule has 90 valence electrons. The first-order valence-electron chi connectivity index (χ1n) is 5.86. The summed E-state index contributed by atoms with van der Waals surface area (Å²) in [7, 11) is 0. The minimum Gasteiger partial charge on any atom is -0.304 e. The van der Waals surface area contributed by atoms with Crippen LogP contribution in [0.15, 0.2) is 30.5 Å². The van der Waals surface area contributed by atoms with Crippen LogP contribution in [0.2, 0.25) is 0 Å². The predicted molar refractivity (Wildman–Crippen MR) is 73.3 cm³/mol. The maximum absolute atomic E-state index is 4.35. The zero-order valence-corrected chi connectivity index (χ0v) is 11.3. The lowest BCUT2D eigenvalue weighted by atomic mass is 10.1. The topological polar surface area (TPSA) is 24.9 Å². The highest BCUT2D eigenvalue weighted by molar-refractivity contribution is 7.11. The van der Waals surface area contributed by atoms with E-state index in [1.54, 1.807) is 11.3 Å². The quantitative estimate of drug-likeness (QED) is 0.891. The summed E-state index contributed by atoms with van der Waals surface area (Å²) in [5, 5.41) is 4.66. The zero-order valence-electron chi connectivity index (χ0n) is 10.5. The van der Waals surface area contributed by atoms with Crippen LogP contribution in [0.4, 0.5) is 0 Å². The van der Waals surface area contributed by atoms with Gasteiger partial charge in [-0.2, -0.15) is 0 Å². The molecule has 0 saturated heterocycles. The maximum atomic E-state index is 4.35. The Labute approximate surface area is 107 Å². The monoisotopic (exact) mass is 246 g/mol. The average Bonchev–Trinajstić information content (AvgIpc) is 2.72. The molecule has 1 aromatic heterocycles. The minimum atomic E-state index is 0.360. The summed E-state index contributed by atoms with van der Waals surface area (Å²) >= 11 is 1.75. The molecule has 17 heavy (non-hydrogen) atoms. The number of nitrogens with zero attached hydrogens (tertiary/aromatic N) is 1. The molecule has 0 amide bonds. The van der Waals surface area contributed by atoms with Gasteiger partial charge in [0.1, 0.15) is 5.01 Å². The summed E-state index contributed by atoms with van der Waals surface area (Å²) < 4.78 is 0. The summed E-state index contributed by atoms with van der Waals surface area (Å²) in [6.45, 7) is 7.24. The van der Waals surface area contributed by atoms with Crippen LogP contribution in [0.25, 0.3) is 0 Å². The summed E-state index contributed by atoms with van der Waals surface area (Å²) in [6, 6.07) is 8.98. The van der Waals surface area contributed by atoms with Crippen molar-refractivity contribution in [1.29, 1.82) is 0 Å². The third-order valence-corrected chi connectivity index (χ3v) is 3.68. The Hall–Kier alpha value is -1.19. The molecule has 1 aromatic carbocycles. The smallest absolute Gasteiger partial charge is 0.107 e. The Bertz CT molecular complexity index is 490. The number of hydrogen-bond acceptors (Lipinski definition) is 3. The first-order valence-corrected chi connectivity index (χ1v) is 6.68. The first kappa shape index (κ1) is 12.3. The molecule has 1 heterocycles. The van der Waals surface area contributed by atoms with Crippen LogP contribution in [-0.4, -0.2) is 4.98 Å². The second-order valence-electron chi connectivity index (χ2n) is 4.38. The van der Waals surface area contributed by atoms with Gasteiger partial charge in [-0.25, -0.2) is 4.98 Å². The Morgan fingerprint density at radius 1 is 1.35 bits per heavy atom. The molecular formula is C14H18N2S. The van der Waals surface area contributed by atoms with Crippen molar-refractivity contribution in [2.24, 2.45) is 0 Å². The SMILES string of the molecule is Cc1cccc(C(C)NCc2ncc(C)s2)c1. The number of hydrogen-bond donors (Lipinski definition) is 1. The van der Waals surface area contributed by atoms with Gasteiger partial charge in [0.05, 0.1) is 0 Å². The van der Waals surface area contributed by atoms with Crippen molar-refractivity contribution in [3.8, 4) is 0 Å². The van der Waals surface area contributed by atoms with Gasteiger partial charge >= 0.3 is 0 Å². The fourth-order valence-electron chi connectivity index (χ4n) is 1.78. The van der Waals surface area contributed by atoms with E-state index in [0.717, 1.165) is 11.6 Å². The molecule has 0 fully saturated rings. The fraction of sp³-hybridized carbons (Fsp3) is 0.357. The Morgan fingerprint density at radius 2 is 2.18 bits per heavy atom. The molecule has 0 bridgehead atoms. The van der Waals surface area contributed by atoms with Crippen molar-refractivity contribution in [3.05, 3.63) is 51.5 Å². The van der Waals surface area contributed by atoms with Crippen molar-refractivity contribution in [2.75, 3.05) is 0 Å². The molecule has 0 aliphatic rings. The van der Waals surface area contributed by atoms with Crippen LogP contribution in [0.3, 0.4) is 0 Å². The second kappa shape index (κ2) is 5.43. The van der Waals surface area contributed by atoms with E-state index in [1.807, 2.05) is 6.20 Å². The van der Waals surface area contributed by atoms with Crippen molar-refractivity contribution in [2.45, 2.75) is 33.4 Å². The van der Waals surface area contributed by atoms with Crippen LogP contribution < -0.4 is 5.32 Å². The molecule has 0 saturated carbocycles. The van der Waals surface area contributed by atoms with Gasteiger partial charge in [0.2, 0.25) is 0 Å². The number of nitrogens with one attached hydrogen (secondary N) is 1. The molecule has 2 aromatic rings. The van der Waals surface area contributed by atoms with Crippen molar-refractivity contribution in [1.82, 2.24) is 10.3 Å². The molecular weight excluding hydrogens is 228 g/mol. The maximum Gasteiger partial charge on any atom is 0.107 e. The van der Waals surface area contributed by atoms with Gasteiger partial charge in [0, 0.05) is 23.7 Å². The standard InChI is InChI=1S/C14H18N2S/c1-10-5-4-6-13(7-10)12(3)15-9-14-16-8-11(2)17-14/h4-8,12,15H,9H2,1-3H3. The molecule has 1 unspecified atom stereocenters. The van der Waals surface area contributed by atoms with E-state index >= 15 is 0 Å². The van der Waals surface area contributed by atoms with Gasteiger partial charge < -0.3 is 5.32 Å². The van der Waals surface area contributed by atoms with Gasteiger partial charge in [-0.3, -0.25) is 0 Å². The third kappa shape index (κ3) is 3.38. The number of benzene rings is 1. The lowest BCUT2D eigenvalue weighted by molar-refractivity contribution is 0.573. The van der Waals surface area contributed by atoms with Crippen LogP contribution in [0.5, 0.6) is 0 Å². The van der Waals surface area contributed by atoms with E-state index in [4.69, 9.17) is 0 Å². The van der Waals surface area contributed by atoms with Crippen LogP contribution in [0.1, 0.15) is 34.0 Å². The molecule has 0 aliphatic carbocycles. The summed E-state index contributed by atoms with van der Waals surface area (Å²) in [4.78, 5) is 5.62. The predicted octanol–water partition coefficient (Wildman–Crippen LogP) is 3.61. The summed E-state index contributed by atoms with van der Waals surface area (Å²) in [5.41, 5.74) is 2.64. The second-order valence-corrected chi connectivity index (χ2v) is 5.70. The van der Waals surface area contributed by atoms with Crippen LogP contribution >= 0.6 is 11.3 Å². The lowest BCUT2D eigenvalue weighted by Crippen LogP contribution is -2.17. The zero-order chi connectivity index (χ0) is 12.3. The minimum absolute atomic E-state index is 0.360. The first-order chi connectivity index (χ1) is 8.15. The average molecular weight is 246 g/mol. The van der Waals surface area contributed by atoms with Gasteiger partial charge in [0.25, 0.3) is 0 Å². The van der Waals surface area contributed by atoms with E-state index in [9.17, 15) is 0 Å². The molecule has 0 spiro atoms. The van der Waals surface area contributed by atoms with E-state index in [1.165, 1.54) is 16.0 Å². The van der Waals surface area contributed by atoms with Crippen molar-refractivity contribution >= 4 is 11.3 Å². The summed E-state index contributed by atoms with van der Waals surface area (Å²) in [5.74, 6) is 0. The molecule has 0 aliphatic heterocycles. The highest BCUT2D eigenvalue weighted by Crippen LogP contribution is 2.16. The van der Waals surface area contributed by atoms with Crippen LogP contribution in [0, 0.1) is 13.8 Å². The fourth-order valence-corrected chi connectivity index (χ4v) is 2.52. The normalized spacial score (nSPS) is 12.6. The largest absolute Gasteiger partial charge is 0.304 e. The van der Waals surface area contributed by atoms with E-state index in [-0.39, 0.29) is 0 Å². The highest BCUT2D eigenvalue weighted by atomic mass is 32.1. The summed E-state index contributed by atoms with van der Waals surface area (Å²) in [6.07, 6.45) is 1.93. The lowest BCUT2D eigenvalue weighted by Gasteiger charge is -2.13. The molecule has 2 nitrogen and oxygen atoms in total. The van der Waals surface area contributed by atoms with Gasteiger partial charge in [0.15, 0.2) is 0 Å². The Morgan fingerprint density at radius 3 is 2.82 bits per heavy atom. The van der Waals surface area contributed by atoms with E-state index in [2.05, 4.69) is 55.3 Å².